The second kappa shape index (κ2) is 10.3. The molecule has 2 fully saturated rings. The maximum Gasteiger partial charge on any atom is 0.259 e. The summed E-state index contributed by atoms with van der Waals surface area (Å²) in [7, 11) is 1.69. The van der Waals surface area contributed by atoms with Gasteiger partial charge in [-0.15, -0.1) is 0 Å². The number of rotatable bonds is 5. The summed E-state index contributed by atoms with van der Waals surface area (Å²) < 4.78 is 19.0. The highest BCUT2D eigenvalue weighted by atomic mass is 19.1. The van der Waals surface area contributed by atoms with E-state index in [0.29, 0.717) is 30.3 Å². The van der Waals surface area contributed by atoms with Gasteiger partial charge in [0.1, 0.15) is 22.9 Å². The van der Waals surface area contributed by atoms with Gasteiger partial charge in [-0.1, -0.05) is 12.1 Å². The molecule has 5 rings (SSSR count). The van der Waals surface area contributed by atoms with E-state index >= 15 is 0 Å². The topological polar surface area (TPSA) is 61.8 Å². The summed E-state index contributed by atoms with van der Waals surface area (Å²) in [5.74, 6) is 1.66. The van der Waals surface area contributed by atoms with Gasteiger partial charge in [0.15, 0.2) is 5.82 Å². The first-order valence-electron chi connectivity index (χ1n) is 12.2. The molecule has 3 aromatic rings. The predicted molar refractivity (Wildman–Crippen MR) is 135 cm³/mol. The molecule has 0 N–H and O–H groups in total. The number of nitrogens with zero attached hydrogens (tertiary/aromatic N) is 5. The Morgan fingerprint density at radius 2 is 1.57 bits per heavy atom. The molecule has 35 heavy (non-hydrogen) atoms. The van der Waals surface area contributed by atoms with Gasteiger partial charge in [-0.3, -0.25) is 4.79 Å². The van der Waals surface area contributed by atoms with E-state index < -0.39 is 0 Å². The average Bonchev–Trinajstić information content (AvgIpc) is 2.93. The van der Waals surface area contributed by atoms with Gasteiger partial charge in [0.2, 0.25) is 0 Å². The number of halogens is 1. The third-order valence-corrected chi connectivity index (χ3v) is 6.75. The van der Waals surface area contributed by atoms with Crippen molar-refractivity contribution in [1.82, 2.24) is 14.9 Å². The van der Waals surface area contributed by atoms with E-state index in [0.717, 1.165) is 62.4 Å². The zero-order valence-corrected chi connectivity index (χ0v) is 20.0. The number of carbonyl (C=O) groups excluding carboxylic acids is 1. The van der Waals surface area contributed by atoms with E-state index in [2.05, 4.69) is 20.9 Å². The highest BCUT2D eigenvalue weighted by Gasteiger charge is 2.28. The van der Waals surface area contributed by atoms with Crippen LogP contribution in [0, 0.1) is 5.82 Å². The van der Waals surface area contributed by atoms with Crippen LogP contribution < -0.4 is 14.5 Å². The number of hydrogen-bond acceptors (Lipinski definition) is 6. The van der Waals surface area contributed by atoms with Crippen LogP contribution in [-0.2, 0) is 0 Å². The maximum absolute atomic E-state index is 13.5. The van der Waals surface area contributed by atoms with Gasteiger partial charge in [-0.2, -0.15) is 0 Å². The normalized spacial score (nSPS) is 16.3. The number of para-hydroxylation sites is 2. The van der Waals surface area contributed by atoms with E-state index in [1.165, 1.54) is 12.1 Å². The molecule has 1 aromatic heterocycles. The molecule has 2 saturated heterocycles. The number of piperazine rings is 1. The quantitative estimate of drug-likeness (QED) is 0.550. The summed E-state index contributed by atoms with van der Waals surface area (Å²) >= 11 is 0. The Morgan fingerprint density at radius 3 is 2.29 bits per heavy atom. The first kappa shape index (κ1) is 23.1. The Kier molecular flexibility index (Phi) is 6.79. The molecule has 2 aromatic carbocycles. The smallest absolute Gasteiger partial charge is 0.259 e. The molecular weight excluding hydrogens is 445 g/mol. The fourth-order valence-electron chi connectivity index (χ4n) is 4.82. The lowest BCUT2D eigenvalue weighted by Gasteiger charge is -2.38. The predicted octanol–water partition coefficient (Wildman–Crippen LogP) is 4.24. The van der Waals surface area contributed by atoms with Crippen molar-refractivity contribution in [3.63, 3.8) is 0 Å². The Balaban J connectivity index is 1.44. The van der Waals surface area contributed by atoms with Gasteiger partial charge in [-0.25, -0.2) is 14.4 Å². The summed E-state index contributed by atoms with van der Waals surface area (Å²) in [6.45, 7) is 4.48. The molecule has 0 saturated carbocycles. The van der Waals surface area contributed by atoms with Gasteiger partial charge >= 0.3 is 0 Å². The Morgan fingerprint density at radius 1 is 0.886 bits per heavy atom. The number of methoxy groups -OCH3 is 1. The van der Waals surface area contributed by atoms with Gasteiger partial charge in [0, 0.05) is 51.0 Å². The fraction of sp³-hybridized carbons (Fsp3) is 0.370. The van der Waals surface area contributed by atoms with Crippen molar-refractivity contribution in [2.75, 3.05) is 56.2 Å². The van der Waals surface area contributed by atoms with Crippen LogP contribution in [0.25, 0.3) is 11.4 Å². The minimum absolute atomic E-state index is 0.0162. The van der Waals surface area contributed by atoms with Crippen molar-refractivity contribution in [3.05, 3.63) is 66.1 Å². The minimum Gasteiger partial charge on any atom is -0.495 e. The van der Waals surface area contributed by atoms with Crippen molar-refractivity contribution in [3.8, 4) is 17.1 Å². The number of aromatic nitrogens is 2. The molecule has 8 heteroatoms. The van der Waals surface area contributed by atoms with Crippen LogP contribution >= 0.6 is 0 Å². The number of carbonyl (C=O) groups is 1. The monoisotopic (exact) mass is 475 g/mol. The van der Waals surface area contributed by atoms with Crippen LogP contribution in [0.2, 0.25) is 0 Å². The van der Waals surface area contributed by atoms with Gasteiger partial charge in [0.25, 0.3) is 5.91 Å². The molecule has 0 unspecified atom stereocenters. The van der Waals surface area contributed by atoms with Crippen molar-refractivity contribution in [1.29, 1.82) is 0 Å². The number of likely N-dealkylation sites (tertiary alicyclic amines) is 1. The molecule has 1 amide bonds. The second-order valence-corrected chi connectivity index (χ2v) is 8.94. The summed E-state index contributed by atoms with van der Waals surface area (Å²) in [6.07, 6.45) is 4.84. The number of piperidine rings is 1. The molecule has 7 nitrogen and oxygen atoms in total. The van der Waals surface area contributed by atoms with Crippen molar-refractivity contribution in [2.24, 2.45) is 0 Å². The molecule has 0 bridgehead atoms. The SMILES string of the molecule is COc1ccccc1N1CCN(c2nc(-c3ccc(F)cc3)ncc2C(=O)N2CCCCC2)CC1. The standard InChI is InChI=1S/C27H30FN5O2/c1-35-24-8-4-3-7-23(24)31-15-17-32(18-16-31)26-22(27(34)33-13-5-2-6-14-33)19-29-25(30-26)20-9-11-21(28)12-10-20/h3-4,7-12,19H,2,5-6,13-18H2,1H3. The molecule has 0 spiro atoms. The van der Waals surface area contributed by atoms with Gasteiger partial charge in [-0.05, 0) is 55.7 Å². The molecule has 3 heterocycles. The van der Waals surface area contributed by atoms with E-state index in [-0.39, 0.29) is 11.7 Å². The molecule has 2 aliphatic heterocycles. The van der Waals surface area contributed by atoms with Crippen LogP contribution in [0.3, 0.4) is 0 Å². The third-order valence-electron chi connectivity index (χ3n) is 6.75. The summed E-state index contributed by atoms with van der Waals surface area (Å²) in [6, 6.07) is 14.1. The van der Waals surface area contributed by atoms with E-state index in [9.17, 15) is 9.18 Å². The molecule has 0 atom stereocenters. The van der Waals surface area contributed by atoms with Crippen molar-refractivity contribution in [2.45, 2.75) is 19.3 Å². The zero-order valence-electron chi connectivity index (χ0n) is 20.0. The minimum atomic E-state index is -0.307. The largest absolute Gasteiger partial charge is 0.495 e. The van der Waals surface area contributed by atoms with Crippen LogP contribution in [0.1, 0.15) is 29.6 Å². The summed E-state index contributed by atoms with van der Waals surface area (Å²) in [5, 5.41) is 0. The number of ether oxygens (including phenoxy) is 1. The van der Waals surface area contributed by atoms with Crippen molar-refractivity contribution >= 4 is 17.4 Å². The first-order chi connectivity index (χ1) is 17.1. The van der Waals surface area contributed by atoms with E-state index in [4.69, 9.17) is 9.72 Å². The summed E-state index contributed by atoms with van der Waals surface area (Å²) in [4.78, 5) is 29.2. The van der Waals surface area contributed by atoms with Crippen LogP contribution in [0.5, 0.6) is 5.75 Å². The fourth-order valence-corrected chi connectivity index (χ4v) is 4.82. The molecule has 0 radical (unpaired) electrons. The molecular formula is C27H30FN5O2. The van der Waals surface area contributed by atoms with E-state index in [1.54, 1.807) is 25.4 Å². The van der Waals surface area contributed by atoms with Crippen LogP contribution in [0.15, 0.2) is 54.7 Å². The van der Waals surface area contributed by atoms with Crippen LogP contribution in [-0.4, -0.2) is 67.2 Å². The highest BCUT2D eigenvalue weighted by Crippen LogP contribution is 2.30. The highest BCUT2D eigenvalue weighted by molar-refractivity contribution is 5.99. The summed E-state index contributed by atoms with van der Waals surface area (Å²) in [5.41, 5.74) is 2.31. The Labute approximate surface area is 205 Å². The maximum atomic E-state index is 13.5. The van der Waals surface area contributed by atoms with Gasteiger partial charge < -0.3 is 19.4 Å². The molecule has 2 aliphatic rings. The lowest BCUT2D eigenvalue weighted by molar-refractivity contribution is 0.0724. The number of hydrogen-bond donors (Lipinski definition) is 0. The van der Waals surface area contributed by atoms with Gasteiger partial charge in [0.05, 0.1) is 12.8 Å². The average molecular weight is 476 g/mol. The second-order valence-electron chi connectivity index (χ2n) is 8.94. The molecule has 0 aliphatic carbocycles. The van der Waals surface area contributed by atoms with Crippen molar-refractivity contribution < 1.29 is 13.9 Å². The lowest BCUT2D eigenvalue weighted by atomic mass is 10.1. The Hall–Kier alpha value is -3.68. The van der Waals surface area contributed by atoms with Crippen LogP contribution in [0.4, 0.5) is 15.9 Å². The number of amides is 1. The van der Waals surface area contributed by atoms with E-state index in [1.807, 2.05) is 23.1 Å². The first-order valence-corrected chi connectivity index (χ1v) is 12.2. The third kappa shape index (κ3) is 4.92. The number of benzene rings is 2. The molecule has 182 valence electrons. The Bertz CT molecular complexity index is 1170. The number of anilines is 2. The zero-order chi connectivity index (χ0) is 24.2. The lowest BCUT2D eigenvalue weighted by Crippen LogP contribution is -2.48.